The van der Waals surface area contributed by atoms with Crippen molar-refractivity contribution in [3.8, 4) is 0 Å². The van der Waals surface area contributed by atoms with E-state index in [0.717, 1.165) is 11.8 Å². The zero-order valence-corrected chi connectivity index (χ0v) is 17.1. The third kappa shape index (κ3) is 6.49. The number of carbonyl (C=O) groups excluding carboxylic acids is 3. The number of hydrogen-bond donors (Lipinski definition) is 2. The van der Waals surface area contributed by atoms with Crippen LogP contribution in [0.5, 0.6) is 0 Å². The number of hydrogen-bond acceptors (Lipinski definition) is 4. The van der Waals surface area contributed by atoms with Crippen molar-refractivity contribution in [2.45, 2.75) is 38.1 Å². The summed E-state index contributed by atoms with van der Waals surface area (Å²) >= 11 is 1.05. The highest BCUT2D eigenvalue weighted by molar-refractivity contribution is 8.00. The molecule has 0 heterocycles. The van der Waals surface area contributed by atoms with Crippen LogP contribution in [-0.2, 0) is 4.79 Å². The summed E-state index contributed by atoms with van der Waals surface area (Å²) < 4.78 is 14.0. The molecule has 0 saturated heterocycles. The molecule has 2 amide bonds. The van der Waals surface area contributed by atoms with E-state index in [2.05, 4.69) is 10.6 Å². The first-order chi connectivity index (χ1) is 13.0. The van der Waals surface area contributed by atoms with Gasteiger partial charge in [-0.15, -0.1) is 11.8 Å². The molecule has 0 radical (unpaired) electrons. The second kappa shape index (κ2) is 9.01. The lowest BCUT2D eigenvalue weighted by atomic mass is 10.1. The second-order valence-electron chi connectivity index (χ2n) is 7.32. The summed E-state index contributed by atoms with van der Waals surface area (Å²) in [5.41, 5.74) is 1.00. The molecule has 2 aromatic rings. The van der Waals surface area contributed by atoms with Crippen LogP contribution in [0.4, 0.5) is 10.1 Å². The number of thioether (sulfide) groups is 1. The van der Waals surface area contributed by atoms with Gasteiger partial charge in [0.1, 0.15) is 5.82 Å². The maximum atomic E-state index is 14.0. The van der Waals surface area contributed by atoms with Gasteiger partial charge < -0.3 is 10.6 Å². The number of ketones is 1. The fraction of sp³-hybridized carbons (Fsp3) is 0.286. The molecule has 0 spiro atoms. The zero-order valence-electron chi connectivity index (χ0n) is 16.3. The van der Waals surface area contributed by atoms with Gasteiger partial charge in [-0.05, 0) is 64.1 Å². The maximum absolute atomic E-state index is 14.0. The molecule has 0 atom stereocenters. The summed E-state index contributed by atoms with van der Waals surface area (Å²) in [4.78, 5) is 35.7. The first-order valence-electron chi connectivity index (χ1n) is 8.71. The average Bonchev–Trinajstić information content (AvgIpc) is 2.59. The molecule has 0 aromatic heterocycles. The van der Waals surface area contributed by atoms with Crippen molar-refractivity contribution >= 4 is 35.0 Å². The molecule has 0 saturated carbocycles. The van der Waals surface area contributed by atoms with Gasteiger partial charge in [-0.3, -0.25) is 14.4 Å². The smallest absolute Gasteiger partial charge is 0.251 e. The van der Waals surface area contributed by atoms with E-state index < -0.39 is 5.82 Å². The Labute approximate surface area is 168 Å². The van der Waals surface area contributed by atoms with Crippen LogP contribution in [0.2, 0.25) is 0 Å². The molecule has 0 aliphatic heterocycles. The van der Waals surface area contributed by atoms with Crippen LogP contribution >= 0.6 is 11.8 Å². The van der Waals surface area contributed by atoms with E-state index in [9.17, 15) is 18.8 Å². The lowest BCUT2D eigenvalue weighted by molar-refractivity contribution is -0.113. The van der Waals surface area contributed by atoms with Gasteiger partial charge in [0, 0.05) is 27.2 Å². The molecule has 148 valence electrons. The van der Waals surface area contributed by atoms with Gasteiger partial charge >= 0.3 is 0 Å². The monoisotopic (exact) mass is 402 g/mol. The van der Waals surface area contributed by atoms with Crippen molar-refractivity contribution in [2.24, 2.45) is 0 Å². The Morgan fingerprint density at radius 2 is 1.61 bits per heavy atom. The highest BCUT2D eigenvalue weighted by Crippen LogP contribution is 2.23. The van der Waals surface area contributed by atoms with Crippen molar-refractivity contribution in [1.82, 2.24) is 5.32 Å². The maximum Gasteiger partial charge on any atom is 0.251 e. The SMILES string of the molecule is CC(=O)c1ccc(SCC(=O)Nc2ccc(C(=O)NC(C)(C)C)cc2)c(F)c1. The minimum atomic E-state index is -0.528. The summed E-state index contributed by atoms with van der Waals surface area (Å²) in [7, 11) is 0. The summed E-state index contributed by atoms with van der Waals surface area (Å²) in [5.74, 6) is -1.22. The van der Waals surface area contributed by atoms with E-state index in [-0.39, 0.29) is 28.9 Å². The van der Waals surface area contributed by atoms with E-state index in [4.69, 9.17) is 0 Å². The first-order valence-corrected chi connectivity index (χ1v) is 9.69. The molecule has 5 nitrogen and oxygen atoms in total. The quantitative estimate of drug-likeness (QED) is 0.558. The van der Waals surface area contributed by atoms with Crippen molar-refractivity contribution < 1.29 is 18.8 Å². The normalized spacial score (nSPS) is 11.0. The molecule has 0 unspecified atom stereocenters. The number of Topliss-reactive ketones (excluding diaryl/α,β-unsaturated/α-hetero) is 1. The fourth-order valence-electron chi connectivity index (χ4n) is 2.29. The third-order valence-electron chi connectivity index (χ3n) is 3.62. The number of benzene rings is 2. The Morgan fingerprint density at radius 3 is 2.14 bits per heavy atom. The van der Waals surface area contributed by atoms with Gasteiger partial charge in [-0.1, -0.05) is 6.07 Å². The number of anilines is 1. The van der Waals surface area contributed by atoms with Crippen LogP contribution in [0.3, 0.4) is 0 Å². The first kappa shape index (κ1) is 21.6. The minimum absolute atomic E-state index is 0.0165. The molecular formula is C21H23FN2O3S. The number of halogens is 1. The molecule has 28 heavy (non-hydrogen) atoms. The Balaban J connectivity index is 1.91. The Bertz CT molecular complexity index is 890. The predicted octanol–water partition coefficient (Wildman–Crippen LogP) is 4.29. The second-order valence-corrected chi connectivity index (χ2v) is 8.34. The van der Waals surface area contributed by atoms with Gasteiger partial charge in [-0.25, -0.2) is 4.39 Å². The van der Waals surface area contributed by atoms with E-state index in [1.807, 2.05) is 20.8 Å². The number of nitrogens with one attached hydrogen (secondary N) is 2. The van der Waals surface area contributed by atoms with Crippen molar-refractivity contribution in [1.29, 1.82) is 0 Å². The summed E-state index contributed by atoms with van der Waals surface area (Å²) in [6.45, 7) is 7.06. The van der Waals surface area contributed by atoms with Crippen LogP contribution in [0.1, 0.15) is 48.4 Å². The summed E-state index contributed by atoms with van der Waals surface area (Å²) in [5, 5.41) is 5.57. The van der Waals surface area contributed by atoms with E-state index in [0.29, 0.717) is 21.7 Å². The van der Waals surface area contributed by atoms with E-state index in [1.54, 1.807) is 24.3 Å². The fourth-order valence-corrected chi connectivity index (χ4v) is 3.01. The van der Waals surface area contributed by atoms with Gasteiger partial charge in [0.15, 0.2) is 5.78 Å². The molecular weight excluding hydrogens is 379 g/mol. The standard InChI is InChI=1S/C21H23FN2O3S/c1-13(25)15-7-10-18(17(22)11-15)28-12-19(26)23-16-8-5-14(6-9-16)20(27)24-21(2,3)4/h5-11H,12H2,1-4H3,(H,23,26)(H,24,27). The zero-order chi connectivity index (χ0) is 20.9. The summed E-state index contributed by atoms with van der Waals surface area (Å²) in [6, 6.07) is 10.7. The van der Waals surface area contributed by atoms with Crippen LogP contribution in [0.25, 0.3) is 0 Å². The lowest BCUT2D eigenvalue weighted by Gasteiger charge is -2.20. The summed E-state index contributed by atoms with van der Waals surface area (Å²) in [6.07, 6.45) is 0. The topological polar surface area (TPSA) is 75.3 Å². The van der Waals surface area contributed by atoms with Crippen LogP contribution < -0.4 is 10.6 Å². The Hall–Kier alpha value is -2.67. The molecule has 2 aromatic carbocycles. The third-order valence-corrected chi connectivity index (χ3v) is 4.67. The van der Waals surface area contributed by atoms with Gasteiger partial charge in [-0.2, -0.15) is 0 Å². The number of carbonyl (C=O) groups is 3. The van der Waals surface area contributed by atoms with Crippen LogP contribution in [-0.4, -0.2) is 28.9 Å². The molecule has 0 aliphatic rings. The number of rotatable bonds is 6. The molecule has 2 rings (SSSR count). The van der Waals surface area contributed by atoms with Gasteiger partial charge in [0.2, 0.25) is 5.91 Å². The highest BCUT2D eigenvalue weighted by atomic mass is 32.2. The van der Waals surface area contributed by atoms with Crippen molar-refractivity contribution in [3.63, 3.8) is 0 Å². The highest BCUT2D eigenvalue weighted by Gasteiger charge is 2.15. The van der Waals surface area contributed by atoms with E-state index >= 15 is 0 Å². The molecule has 7 heteroatoms. The Morgan fingerprint density at radius 1 is 1.00 bits per heavy atom. The van der Waals surface area contributed by atoms with Crippen LogP contribution in [0.15, 0.2) is 47.4 Å². The molecule has 0 aliphatic carbocycles. The van der Waals surface area contributed by atoms with Gasteiger partial charge in [0.05, 0.1) is 5.75 Å². The average molecular weight is 402 g/mol. The largest absolute Gasteiger partial charge is 0.347 e. The lowest BCUT2D eigenvalue weighted by Crippen LogP contribution is -2.40. The molecule has 0 bridgehead atoms. The molecule has 0 fully saturated rings. The molecule has 2 N–H and O–H groups in total. The van der Waals surface area contributed by atoms with Crippen molar-refractivity contribution in [2.75, 3.05) is 11.1 Å². The number of amides is 2. The Kier molecular flexibility index (Phi) is 6.96. The van der Waals surface area contributed by atoms with Crippen molar-refractivity contribution in [3.05, 3.63) is 59.4 Å². The minimum Gasteiger partial charge on any atom is -0.347 e. The van der Waals surface area contributed by atoms with Gasteiger partial charge in [0.25, 0.3) is 5.91 Å². The van der Waals surface area contributed by atoms with Crippen LogP contribution in [0, 0.1) is 5.82 Å². The van der Waals surface area contributed by atoms with E-state index in [1.165, 1.54) is 25.1 Å². The predicted molar refractivity (Wildman–Crippen MR) is 109 cm³/mol.